The molecule has 0 fully saturated rings. The van der Waals surface area contributed by atoms with Gasteiger partial charge in [-0.05, 0) is 26.0 Å². The Balaban J connectivity index is 1.60. The fourth-order valence-electron chi connectivity index (χ4n) is 2.62. The number of nitrogens with zero attached hydrogens (tertiary/aromatic N) is 1. The van der Waals surface area contributed by atoms with E-state index >= 15 is 0 Å². The maximum atomic E-state index is 12.1. The molecular weight excluding hydrogens is 386 g/mol. The van der Waals surface area contributed by atoms with Crippen LogP contribution in [0.3, 0.4) is 0 Å². The Kier molecular flexibility index (Phi) is 6.19. The van der Waals surface area contributed by atoms with Gasteiger partial charge in [0.1, 0.15) is 17.9 Å². The Bertz CT molecular complexity index is 905. The van der Waals surface area contributed by atoms with E-state index in [1.54, 1.807) is 19.9 Å². The van der Waals surface area contributed by atoms with Crippen molar-refractivity contribution in [3.8, 4) is 0 Å². The van der Waals surface area contributed by atoms with Gasteiger partial charge in [-0.2, -0.15) is 0 Å². The molecule has 2 amide bonds. The van der Waals surface area contributed by atoms with E-state index in [4.69, 9.17) is 13.9 Å². The lowest BCUT2D eigenvalue weighted by molar-refractivity contribution is -0.141. The van der Waals surface area contributed by atoms with Crippen molar-refractivity contribution in [2.75, 3.05) is 19.0 Å². The third-order valence-corrected chi connectivity index (χ3v) is 4.63. The smallest absolute Gasteiger partial charge is 0.338 e. The second-order valence-corrected chi connectivity index (χ2v) is 6.76. The predicted molar refractivity (Wildman–Crippen MR) is 100 cm³/mol. The van der Waals surface area contributed by atoms with Crippen LogP contribution >= 0.6 is 11.8 Å². The van der Waals surface area contributed by atoms with Crippen LogP contribution in [0, 0.1) is 0 Å². The summed E-state index contributed by atoms with van der Waals surface area (Å²) in [6, 6.07) is 6.24. The van der Waals surface area contributed by atoms with E-state index in [0.717, 1.165) is 11.8 Å². The lowest BCUT2D eigenvalue weighted by Gasteiger charge is -2.26. The number of carbonyl (C=O) groups is 3. The van der Waals surface area contributed by atoms with Crippen molar-refractivity contribution in [2.24, 2.45) is 0 Å². The lowest BCUT2D eigenvalue weighted by atomic mass is 10.0. The maximum Gasteiger partial charge on any atom is 0.338 e. The fraction of sp³-hybridized carbons (Fsp3) is 0.333. The molecule has 1 aliphatic heterocycles. The van der Waals surface area contributed by atoms with Gasteiger partial charge in [-0.15, -0.1) is 0 Å². The van der Waals surface area contributed by atoms with Gasteiger partial charge in [-0.25, -0.2) is 14.6 Å². The molecule has 1 aromatic heterocycles. The molecule has 0 bridgehead atoms. The van der Waals surface area contributed by atoms with Crippen molar-refractivity contribution in [2.45, 2.75) is 25.1 Å². The highest BCUT2D eigenvalue weighted by molar-refractivity contribution is 7.99. The fourth-order valence-corrected chi connectivity index (χ4v) is 3.26. The predicted octanol–water partition coefficient (Wildman–Crippen LogP) is 1.98. The normalized spacial score (nSPS) is 16.5. The number of nitrogens with one attached hydrogen (secondary N) is 2. The largest absolute Gasteiger partial charge is 0.463 e. The van der Waals surface area contributed by atoms with Crippen LogP contribution in [-0.4, -0.2) is 48.0 Å². The maximum absolute atomic E-state index is 12.1. The molecule has 1 atom stereocenters. The molecule has 2 N–H and O–H groups in total. The number of esters is 2. The minimum absolute atomic E-state index is 0.0312. The molecule has 0 unspecified atom stereocenters. The van der Waals surface area contributed by atoms with E-state index in [1.807, 2.05) is 18.2 Å². The molecule has 9 nitrogen and oxygen atoms in total. The third kappa shape index (κ3) is 4.63. The first-order valence-corrected chi connectivity index (χ1v) is 9.58. The van der Waals surface area contributed by atoms with Gasteiger partial charge < -0.3 is 24.5 Å². The van der Waals surface area contributed by atoms with Gasteiger partial charge >= 0.3 is 18.0 Å². The van der Waals surface area contributed by atoms with Crippen LogP contribution in [0.2, 0.25) is 0 Å². The van der Waals surface area contributed by atoms with Gasteiger partial charge in [0.05, 0.1) is 23.9 Å². The molecular formula is C18H19N3O6S. The lowest BCUT2D eigenvalue weighted by Crippen LogP contribution is -2.50. The summed E-state index contributed by atoms with van der Waals surface area (Å²) in [5.41, 5.74) is 1.76. The van der Waals surface area contributed by atoms with Crippen LogP contribution < -0.4 is 10.6 Å². The number of carbonyl (C=O) groups excluding carboxylic acids is 3. The number of fused-ring (bicyclic) bond motifs is 1. The van der Waals surface area contributed by atoms with E-state index in [2.05, 4.69) is 15.6 Å². The summed E-state index contributed by atoms with van der Waals surface area (Å²) in [5, 5.41) is 5.42. The molecule has 1 aliphatic rings. The van der Waals surface area contributed by atoms with Crippen LogP contribution in [0.4, 0.5) is 4.79 Å². The molecule has 0 saturated heterocycles. The zero-order valence-electron chi connectivity index (χ0n) is 15.3. The number of oxazole rings is 1. The Morgan fingerprint density at radius 1 is 1.29 bits per heavy atom. The molecule has 2 aromatic rings. The van der Waals surface area contributed by atoms with Crippen molar-refractivity contribution in [1.29, 1.82) is 0 Å². The number of urea groups is 1. The molecule has 0 radical (unpaired) electrons. The van der Waals surface area contributed by atoms with Gasteiger partial charge in [-0.1, -0.05) is 23.9 Å². The number of rotatable bonds is 7. The number of hydrogen-bond acceptors (Lipinski definition) is 8. The highest BCUT2D eigenvalue weighted by Gasteiger charge is 2.30. The number of hydrogen-bond donors (Lipinski definition) is 2. The van der Waals surface area contributed by atoms with Crippen molar-refractivity contribution in [3.63, 3.8) is 0 Å². The summed E-state index contributed by atoms with van der Waals surface area (Å²) in [6.45, 7) is 3.27. The number of aromatic nitrogens is 1. The minimum atomic E-state index is -0.575. The van der Waals surface area contributed by atoms with Crippen molar-refractivity contribution in [3.05, 3.63) is 35.5 Å². The van der Waals surface area contributed by atoms with Crippen molar-refractivity contribution < 1.29 is 28.3 Å². The molecule has 28 heavy (non-hydrogen) atoms. The second-order valence-electron chi connectivity index (χ2n) is 5.83. The highest BCUT2D eigenvalue weighted by Crippen LogP contribution is 2.23. The topological polar surface area (TPSA) is 120 Å². The monoisotopic (exact) mass is 405 g/mol. The first-order chi connectivity index (χ1) is 13.5. The van der Waals surface area contributed by atoms with E-state index in [1.165, 1.54) is 0 Å². The summed E-state index contributed by atoms with van der Waals surface area (Å²) in [5.74, 6) is -1.14. The van der Waals surface area contributed by atoms with Crippen LogP contribution in [0.1, 0.15) is 13.8 Å². The standard InChI is InChI=1S/C18H19N3O6S/c1-3-25-16(23)15-10(2)19-17(24)20-12(15)8-26-14(22)9-28-18-21-11-6-4-5-7-13(11)27-18/h4-7,10H,3,8-9H2,1-2H3,(H2,19,20,24)/t10-/m1/s1. The average molecular weight is 405 g/mol. The minimum Gasteiger partial charge on any atom is -0.463 e. The van der Waals surface area contributed by atoms with Crippen LogP contribution in [-0.2, 0) is 19.1 Å². The second kappa shape index (κ2) is 8.79. The molecule has 0 aliphatic carbocycles. The van der Waals surface area contributed by atoms with E-state index in [0.29, 0.717) is 16.3 Å². The van der Waals surface area contributed by atoms with E-state index in [9.17, 15) is 14.4 Å². The Morgan fingerprint density at radius 3 is 2.82 bits per heavy atom. The Morgan fingerprint density at radius 2 is 2.07 bits per heavy atom. The molecule has 3 rings (SSSR count). The van der Waals surface area contributed by atoms with Crippen LogP contribution in [0.15, 0.2) is 45.2 Å². The quantitative estimate of drug-likeness (QED) is 0.530. The van der Waals surface area contributed by atoms with Gasteiger partial charge in [0.2, 0.25) is 0 Å². The van der Waals surface area contributed by atoms with Gasteiger partial charge in [0, 0.05) is 0 Å². The molecule has 1 aromatic carbocycles. The zero-order chi connectivity index (χ0) is 20.1. The van der Waals surface area contributed by atoms with Gasteiger partial charge in [0.15, 0.2) is 5.58 Å². The summed E-state index contributed by atoms with van der Waals surface area (Å²) in [6.07, 6.45) is 0. The van der Waals surface area contributed by atoms with Crippen LogP contribution in [0.25, 0.3) is 11.1 Å². The number of amides is 2. The summed E-state index contributed by atoms with van der Waals surface area (Å²) >= 11 is 1.10. The molecule has 0 spiro atoms. The van der Waals surface area contributed by atoms with E-state index in [-0.39, 0.29) is 30.2 Å². The van der Waals surface area contributed by atoms with Crippen molar-refractivity contribution in [1.82, 2.24) is 15.6 Å². The Hall–Kier alpha value is -3.01. The van der Waals surface area contributed by atoms with Crippen LogP contribution in [0.5, 0.6) is 0 Å². The first-order valence-electron chi connectivity index (χ1n) is 8.59. The SMILES string of the molecule is CCOC(=O)C1=C(COC(=O)CSc2nc3ccccc3o2)NC(=O)N[C@@H]1C. The number of ether oxygens (including phenoxy) is 2. The number of thioether (sulfide) groups is 1. The molecule has 10 heteroatoms. The number of benzene rings is 1. The van der Waals surface area contributed by atoms with Crippen molar-refractivity contribution >= 4 is 40.8 Å². The Labute approximate surface area is 164 Å². The molecule has 0 saturated carbocycles. The zero-order valence-corrected chi connectivity index (χ0v) is 16.1. The summed E-state index contributed by atoms with van der Waals surface area (Å²) in [7, 11) is 0. The molecule has 148 valence electrons. The molecule has 2 heterocycles. The first kappa shape index (κ1) is 19.7. The third-order valence-electron chi connectivity index (χ3n) is 3.83. The average Bonchev–Trinajstić information content (AvgIpc) is 3.07. The van der Waals surface area contributed by atoms with E-state index < -0.39 is 24.0 Å². The summed E-state index contributed by atoms with van der Waals surface area (Å²) in [4.78, 5) is 40.1. The summed E-state index contributed by atoms with van der Waals surface area (Å²) < 4.78 is 15.7. The number of para-hydroxylation sites is 2. The van der Waals surface area contributed by atoms with Gasteiger partial charge in [-0.3, -0.25) is 4.79 Å². The highest BCUT2D eigenvalue weighted by atomic mass is 32.2. The van der Waals surface area contributed by atoms with Gasteiger partial charge in [0.25, 0.3) is 5.22 Å².